The molecule has 0 saturated heterocycles. The molecule has 0 aliphatic heterocycles. The zero-order chi connectivity index (χ0) is 35.7. The molecule has 268 valence electrons. The molecule has 11 heteroatoms. The number of aryl methyl sites for hydroxylation is 1. The number of rotatable bonds is 13. The lowest BCUT2D eigenvalue weighted by atomic mass is 9.69. The number of amides is 3. The van der Waals surface area contributed by atoms with Gasteiger partial charge in [-0.1, -0.05) is 68.5 Å². The van der Waals surface area contributed by atoms with Gasteiger partial charge < -0.3 is 21.1 Å². The maximum atomic E-state index is 13.8. The van der Waals surface area contributed by atoms with Crippen LogP contribution in [0, 0.1) is 24.7 Å². The Kier molecular flexibility index (Phi) is 12.6. The highest BCUT2D eigenvalue weighted by Gasteiger charge is 2.34. The normalized spacial score (nSPS) is 18.8. The van der Waals surface area contributed by atoms with Crippen LogP contribution in [-0.4, -0.2) is 44.5 Å². The highest BCUT2D eigenvalue weighted by Crippen LogP contribution is 2.43. The van der Waals surface area contributed by atoms with E-state index in [-0.39, 0.29) is 42.3 Å². The standard InChI is InChI=1S/C39H50N4O6S/c1-3-43(34-12-8-5-9-13-34)50(48,49)35-26-33(23-14-27(35)2)41-39(47)42-37(30-17-15-29(16-18-30)28-10-6-4-7-11-28)31-19-21-32(22-20-31)38(46)40-25-24-36(44)45/h5,8-9,12-14,19-23,26,28-30,37H,3-4,6-7,10-11,15-18,24-25H2,1-2H3,(H,40,46)(H,44,45)(H2,41,42,47). The number of sulfonamides is 1. The maximum absolute atomic E-state index is 13.8. The Morgan fingerprint density at radius 2 is 1.52 bits per heavy atom. The number of nitrogens with one attached hydrogen (secondary N) is 3. The van der Waals surface area contributed by atoms with Gasteiger partial charge in [-0.25, -0.2) is 13.2 Å². The molecule has 0 bridgehead atoms. The van der Waals surface area contributed by atoms with Gasteiger partial charge in [-0.3, -0.25) is 13.9 Å². The van der Waals surface area contributed by atoms with Gasteiger partial charge in [0.25, 0.3) is 15.9 Å². The van der Waals surface area contributed by atoms with E-state index < -0.39 is 22.0 Å². The van der Waals surface area contributed by atoms with Crippen molar-refractivity contribution in [2.24, 2.45) is 17.8 Å². The summed E-state index contributed by atoms with van der Waals surface area (Å²) in [5.74, 6) is 0.353. The summed E-state index contributed by atoms with van der Waals surface area (Å²) in [6.07, 6.45) is 10.6. The minimum atomic E-state index is -3.91. The first kappa shape index (κ1) is 36.9. The number of aliphatic carboxylic acids is 1. The third-order valence-corrected chi connectivity index (χ3v) is 12.4. The SMILES string of the molecule is CCN(c1ccccc1)S(=O)(=O)c1cc(NC(=O)NC(c2ccc(C(=O)NCCC(=O)O)cc2)C2CCC(C3CCCCC3)CC2)ccc1C. The van der Waals surface area contributed by atoms with E-state index in [4.69, 9.17) is 5.11 Å². The number of carboxylic acids is 1. The molecule has 2 aliphatic rings. The Morgan fingerprint density at radius 1 is 0.860 bits per heavy atom. The summed E-state index contributed by atoms with van der Waals surface area (Å²) in [6.45, 7) is 3.81. The number of urea groups is 1. The van der Waals surface area contributed by atoms with Crippen molar-refractivity contribution in [1.29, 1.82) is 0 Å². The highest BCUT2D eigenvalue weighted by atomic mass is 32.2. The van der Waals surface area contributed by atoms with E-state index in [1.54, 1.807) is 62.4 Å². The first-order chi connectivity index (χ1) is 24.1. The number of para-hydroxylation sites is 1. The molecular weight excluding hydrogens is 653 g/mol. The number of carbonyl (C=O) groups excluding carboxylic acids is 2. The van der Waals surface area contributed by atoms with Crippen LogP contribution in [0.25, 0.3) is 0 Å². The molecule has 2 saturated carbocycles. The molecule has 3 aromatic rings. The Bertz CT molecular complexity index is 1720. The topological polar surface area (TPSA) is 145 Å². The number of anilines is 2. The minimum Gasteiger partial charge on any atom is -0.481 e. The lowest BCUT2D eigenvalue weighted by Gasteiger charge is -2.38. The Hall–Kier alpha value is -4.38. The Balaban J connectivity index is 1.33. The maximum Gasteiger partial charge on any atom is 0.319 e. The molecule has 1 unspecified atom stereocenters. The predicted molar refractivity (Wildman–Crippen MR) is 196 cm³/mol. The molecule has 3 aromatic carbocycles. The molecule has 2 aliphatic carbocycles. The van der Waals surface area contributed by atoms with Gasteiger partial charge in [-0.15, -0.1) is 0 Å². The molecule has 1 atom stereocenters. The summed E-state index contributed by atoms with van der Waals surface area (Å²) in [6, 6.07) is 20.2. The van der Waals surface area contributed by atoms with Crippen molar-refractivity contribution < 1.29 is 27.9 Å². The predicted octanol–water partition coefficient (Wildman–Crippen LogP) is 7.66. The monoisotopic (exact) mass is 702 g/mol. The lowest BCUT2D eigenvalue weighted by molar-refractivity contribution is -0.136. The summed E-state index contributed by atoms with van der Waals surface area (Å²) < 4.78 is 29.0. The summed E-state index contributed by atoms with van der Waals surface area (Å²) in [5, 5.41) is 17.6. The van der Waals surface area contributed by atoms with Crippen LogP contribution in [0.3, 0.4) is 0 Å². The van der Waals surface area contributed by atoms with Crippen molar-refractivity contribution in [3.63, 3.8) is 0 Å². The van der Waals surface area contributed by atoms with Gasteiger partial charge in [0, 0.05) is 24.3 Å². The smallest absolute Gasteiger partial charge is 0.319 e. The van der Waals surface area contributed by atoms with Crippen LogP contribution >= 0.6 is 0 Å². The largest absolute Gasteiger partial charge is 0.481 e. The molecular formula is C39H50N4O6S. The summed E-state index contributed by atoms with van der Waals surface area (Å²) in [7, 11) is -3.91. The second-order valence-corrected chi connectivity index (χ2v) is 15.5. The van der Waals surface area contributed by atoms with Crippen molar-refractivity contribution >= 4 is 39.3 Å². The van der Waals surface area contributed by atoms with Gasteiger partial charge in [0.05, 0.1) is 23.0 Å². The second-order valence-electron chi connectivity index (χ2n) is 13.7. The number of carbonyl (C=O) groups is 3. The van der Waals surface area contributed by atoms with Gasteiger partial charge in [-0.2, -0.15) is 0 Å². The molecule has 0 heterocycles. The van der Waals surface area contributed by atoms with Crippen LogP contribution in [-0.2, 0) is 14.8 Å². The van der Waals surface area contributed by atoms with E-state index in [1.165, 1.54) is 42.5 Å². The van der Waals surface area contributed by atoms with E-state index in [2.05, 4.69) is 16.0 Å². The fourth-order valence-electron chi connectivity index (χ4n) is 7.72. The van der Waals surface area contributed by atoms with E-state index in [0.717, 1.165) is 37.2 Å². The third-order valence-electron chi connectivity index (χ3n) is 10.4. The second kappa shape index (κ2) is 17.0. The molecule has 3 amide bonds. The average Bonchev–Trinajstić information content (AvgIpc) is 3.12. The lowest BCUT2D eigenvalue weighted by Crippen LogP contribution is -2.38. The molecule has 2 fully saturated rings. The number of benzene rings is 3. The zero-order valence-corrected chi connectivity index (χ0v) is 29.9. The van der Waals surface area contributed by atoms with Crippen molar-refractivity contribution in [2.45, 2.75) is 89.0 Å². The molecule has 10 nitrogen and oxygen atoms in total. The third kappa shape index (κ3) is 9.24. The van der Waals surface area contributed by atoms with Crippen molar-refractivity contribution in [2.75, 3.05) is 22.7 Å². The number of nitrogens with zero attached hydrogens (tertiary/aromatic N) is 1. The van der Waals surface area contributed by atoms with Crippen LogP contribution in [0.1, 0.15) is 98.7 Å². The van der Waals surface area contributed by atoms with Crippen molar-refractivity contribution in [3.05, 3.63) is 89.5 Å². The molecule has 5 rings (SSSR count). The summed E-state index contributed by atoms with van der Waals surface area (Å²) in [4.78, 5) is 37.2. The van der Waals surface area contributed by atoms with Gasteiger partial charge >= 0.3 is 12.0 Å². The van der Waals surface area contributed by atoms with Gasteiger partial charge in [0.1, 0.15) is 0 Å². The first-order valence-corrected chi connectivity index (χ1v) is 19.4. The summed E-state index contributed by atoms with van der Waals surface area (Å²) >= 11 is 0. The van der Waals surface area contributed by atoms with Gasteiger partial charge in [0.2, 0.25) is 0 Å². The van der Waals surface area contributed by atoms with Crippen LogP contribution in [0.4, 0.5) is 16.2 Å². The fraction of sp³-hybridized carbons (Fsp3) is 0.462. The van der Waals surface area contributed by atoms with Gasteiger partial charge in [-0.05, 0) is 105 Å². The number of hydrogen-bond donors (Lipinski definition) is 4. The van der Waals surface area contributed by atoms with Gasteiger partial charge in [0.15, 0.2) is 0 Å². The van der Waals surface area contributed by atoms with Crippen LogP contribution in [0.2, 0.25) is 0 Å². The average molecular weight is 703 g/mol. The van der Waals surface area contributed by atoms with E-state index in [0.29, 0.717) is 28.4 Å². The van der Waals surface area contributed by atoms with Crippen LogP contribution in [0.5, 0.6) is 0 Å². The number of carboxylic acid groups (broad SMARTS) is 1. The van der Waals surface area contributed by atoms with Crippen LogP contribution < -0.4 is 20.3 Å². The van der Waals surface area contributed by atoms with Crippen molar-refractivity contribution in [1.82, 2.24) is 10.6 Å². The molecule has 50 heavy (non-hydrogen) atoms. The van der Waals surface area contributed by atoms with Crippen molar-refractivity contribution in [3.8, 4) is 0 Å². The zero-order valence-electron chi connectivity index (χ0n) is 29.1. The quantitative estimate of drug-likeness (QED) is 0.144. The fourth-order valence-corrected chi connectivity index (χ4v) is 9.45. The summed E-state index contributed by atoms with van der Waals surface area (Å²) in [5.41, 5.74) is 2.79. The molecule has 0 spiro atoms. The first-order valence-electron chi connectivity index (χ1n) is 17.9. The molecule has 0 radical (unpaired) electrons. The minimum absolute atomic E-state index is 0.0370. The van der Waals surface area contributed by atoms with E-state index >= 15 is 0 Å². The highest BCUT2D eigenvalue weighted by molar-refractivity contribution is 7.92. The molecule has 4 N–H and O–H groups in total. The Labute approximate surface area is 296 Å². The Morgan fingerprint density at radius 3 is 2.16 bits per heavy atom. The van der Waals surface area contributed by atoms with E-state index in [9.17, 15) is 22.8 Å². The van der Waals surface area contributed by atoms with Crippen LogP contribution in [0.15, 0.2) is 77.7 Å². The van der Waals surface area contributed by atoms with E-state index in [1.807, 2.05) is 18.2 Å². The number of hydrogen-bond acceptors (Lipinski definition) is 5. The molecule has 0 aromatic heterocycles.